The van der Waals surface area contributed by atoms with E-state index in [1.807, 2.05) is 53.9 Å². The van der Waals surface area contributed by atoms with Crippen LogP contribution < -0.4 is 10.1 Å². The second-order valence-electron chi connectivity index (χ2n) is 5.21. The third-order valence-electron chi connectivity index (χ3n) is 3.56. The number of aromatic nitrogens is 1. The van der Waals surface area contributed by atoms with E-state index in [9.17, 15) is 4.79 Å². The van der Waals surface area contributed by atoms with Crippen molar-refractivity contribution in [3.05, 3.63) is 65.7 Å². The Kier molecular flexibility index (Phi) is 5.23. The molecule has 0 radical (unpaired) electrons. The highest BCUT2D eigenvalue weighted by atomic mass is 32.1. The molecular weight excluding hydrogens is 320 g/mol. The maximum absolute atomic E-state index is 12.1. The zero-order chi connectivity index (χ0) is 16.8. The van der Waals surface area contributed by atoms with Crippen molar-refractivity contribution in [3.63, 3.8) is 0 Å². The first-order chi connectivity index (χ1) is 11.8. The van der Waals surface area contributed by atoms with E-state index in [2.05, 4.69) is 17.2 Å². The Morgan fingerprint density at radius 3 is 2.67 bits per heavy atom. The fourth-order valence-electron chi connectivity index (χ4n) is 2.34. The Morgan fingerprint density at radius 1 is 1.17 bits per heavy atom. The van der Waals surface area contributed by atoms with Crippen LogP contribution in [0.4, 0.5) is 5.69 Å². The second kappa shape index (κ2) is 7.75. The molecule has 0 aliphatic rings. The van der Waals surface area contributed by atoms with E-state index in [1.165, 1.54) is 0 Å². The van der Waals surface area contributed by atoms with E-state index in [-0.39, 0.29) is 12.5 Å². The van der Waals surface area contributed by atoms with Crippen molar-refractivity contribution in [1.82, 2.24) is 4.98 Å². The molecular formula is C19H18N2O2S. The van der Waals surface area contributed by atoms with E-state index in [0.717, 1.165) is 34.0 Å². The Balaban J connectivity index is 1.57. The Labute approximate surface area is 145 Å². The second-order valence-corrected chi connectivity index (χ2v) is 6.11. The van der Waals surface area contributed by atoms with Crippen LogP contribution >= 0.6 is 11.3 Å². The molecule has 0 saturated heterocycles. The summed E-state index contributed by atoms with van der Waals surface area (Å²) in [5.74, 6) is 0.581. The van der Waals surface area contributed by atoms with Gasteiger partial charge in [0.15, 0.2) is 6.61 Å². The zero-order valence-electron chi connectivity index (χ0n) is 13.4. The number of hydrogen-bond donors (Lipinski definition) is 1. The third kappa shape index (κ3) is 4.00. The molecule has 0 aliphatic heterocycles. The highest BCUT2D eigenvalue weighted by molar-refractivity contribution is 7.13. The number of carbonyl (C=O) groups is 1. The minimum atomic E-state index is -0.178. The number of benzene rings is 2. The van der Waals surface area contributed by atoms with Crippen molar-refractivity contribution in [3.8, 4) is 16.3 Å². The van der Waals surface area contributed by atoms with Crippen molar-refractivity contribution < 1.29 is 9.53 Å². The molecule has 1 amide bonds. The highest BCUT2D eigenvalue weighted by Gasteiger charge is 2.07. The van der Waals surface area contributed by atoms with Gasteiger partial charge < -0.3 is 10.1 Å². The van der Waals surface area contributed by atoms with Crippen molar-refractivity contribution in [1.29, 1.82) is 0 Å². The summed E-state index contributed by atoms with van der Waals surface area (Å²) in [6, 6.07) is 15.4. The molecule has 1 aromatic heterocycles. The van der Waals surface area contributed by atoms with E-state index in [0.29, 0.717) is 0 Å². The molecule has 24 heavy (non-hydrogen) atoms. The van der Waals surface area contributed by atoms with Crippen LogP contribution in [0, 0.1) is 0 Å². The van der Waals surface area contributed by atoms with Gasteiger partial charge >= 0.3 is 0 Å². The van der Waals surface area contributed by atoms with E-state index >= 15 is 0 Å². The number of carbonyl (C=O) groups excluding carboxylic acids is 1. The van der Waals surface area contributed by atoms with Crippen molar-refractivity contribution in [2.24, 2.45) is 0 Å². The number of amides is 1. The summed E-state index contributed by atoms with van der Waals surface area (Å²) in [6.45, 7) is 2.05. The number of aryl methyl sites for hydroxylation is 1. The standard InChI is InChI=1S/C19H18N2O2S/c1-2-14-5-3-4-6-17(14)23-13-18(22)21-16-9-7-15(8-10-16)19-20-11-12-24-19/h3-12H,2,13H2,1H3,(H,21,22). The Hall–Kier alpha value is -2.66. The lowest BCUT2D eigenvalue weighted by atomic mass is 10.1. The normalized spacial score (nSPS) is 10.4. The van der Waals surface area contributed by atoms with Gasteiger partial charge in [-0.25, -0.2) is 4.98 Å². The number of nitrogens with one attached hydrogen (secondary N) is 1. The maximum Gasteiger partial charge on any atom is 0.262 e. The van der Waals surface area contributed by atoms with E-state index in [1.54, 1.807) is 17.5 Å². The fourth-order valence-corrected chi connectivity index (χ4v) is 2.98. The average molecular weight is 338 g/mol. The van der Waals surface area contributed by atoms with Crippen LogP contribution in [0.2, 0.25) is 0 Å². The van der Waals surface area contributed by atoms with Gasteiger partial charge in [-0.3, -0.25) is 4.79 Å². The summed E-state index contributed by atoms with van der Waals surface area (Å²) in [5.41, 5.74) is 2.88. The van der Waals surface area contributed by atoms with Gasteiger partial charge in [0.2, 0.25) is 0 Å². The summed E-state index contributed by atoms with van der Waals surface area (Å²) in [6.07, 6.45) is 2.65. The van der Waals surface area contributed by atoms with Crippen LogP contribution in [-0.2, 0) is 11.2 Å². The smallest absolute Gasteiger partial charge is 0.262 e. The predicted octanol–water partition coefficient (Wildman–Crippen LogP) is 4.39. The van der Waals surface area contributed by atoms with Gasteiger partial charge in [-0.05, 0) is 42.3 Å². The summed E-state index contributed by atoms with van der Waals surface area (Å²) >= 11 is 1.59. The van der Waals surface area contributed by atoms with Gasteiger partial charge in [0.05, 0.1) is 0 Å². The molecule has 2 aromatic carbocycles. The molecule has 5 heteroatoms. The first kappa shape index (κ1) is 16.2. The molecule has 0 saturated carbocycles. The SMILES string of the molecule is CCc1ccccc1OCC(=O)Nc1ccc(-c2nccs2)cc1. The maximum atomic E-state index is 12.1. The summed E-state index contributed by atoms with van der Waals surface area (Å²) in [4.78, 5) is 16.3. The molecule has 0 unspecified atom stereocenters. The molecule has 0 bridgehead atoms. The first-order valence-electron chi connectivity index (χ1n) is 7.76. The van der Waals surface area contributed by atoms with Crippen molar-refractivity contribution >= 4 is 22.9 Å². The van der Waals surface area contributed by atoms with Gasteiger partial charge in [0.1, 0.15) is 10.8 Å². The van der Waals surface area contributed by atoms with Crippen LogP contribution in [0.5, 0.6) is 5.75 Å². The van der Waals surface area contributed by atoms with Crippen molar-refractivity contribution in [2.75, 3.05) is 11.9 Å². The van der Waals surface area contributed by atoms with Gasteiger partial charge in [-0.2, -0.15) is 0 Å². The third-order valence-corrected chi connectivity index (χ3v) is 4.38. The van der Waals surface area contributed by atoms with Crippen LogP contribution in [0.15, 0.2) is 60.1 Å². The monoisotopic (exact) mass is 338 g/mol. The van der Waals surface area contributed by atoms with Gasteiger partial charge in [-0.1, -0.05) is 25.1 Å². The fraction of sp³-hybridized carbons (Fsp3) is 0.158. The van der Waals surface area contributed by atoms with Gasteiger partial charge in [0, 0.05) is 22.8 Å². The lowest BCUT2D eigenvalue weighted by Gasteiger charge is -2.10. The molecule has 0 atom stereocenters. The predicted molar refractivity (Wildman–Crippen MR) is 97.5 cm³/mol. The van der Waals surface area contributed by atoms with Crippen LogP contribution in [0.25, 0.3) is 10.6 Å². The molecule has 3 aromatic rings. The van der Waals surface area contributed by atoms with Crippen LogP contribution in [0.1, 0.15) is 12.5 Å². The summed E-state index contributed by atoms with van der Waals surface area (Å²) in [7, 11) is 0. The summed E-state index contributed by atoms with van der Waals surface area (Å²) in [5, 5.41) is 5.75. The molecule has 4 nitrogen and oxygen atoms in total. The molecule has 122 valence electrons. The highest BCUT2D eigenvalue weighted by Crippen LogP contribution is 2.23. The van der Waals surface area contributed by atoms with Gasteiger partial charge in [0.25, 0.3) is 5.91 Å². The van der Waals surface area contributed by atoms with Crippen LogP contribution in [-0.4, -0.2) is 17.5 Å². The molecule has 1 N–H and O–H groups in total. The number of ether oxygens (including phenoxy) is 1. The van der Waals surface area contributed by atoms with Crippen LogP contribution in [0.3, 0.4) is 0 Å². The Morgan fingerprint density at radius 2 is 1.96 bits per heavy atom. The first-order valence-corrected chi connectivity index (χ1v) is 8.64. The number of rotatable bonds is 6. The topological polar surface area (TPSA) is 51.2 Å². The minimum Gasteiger partial charge on any atom is -0.483 e. The molecule has 0 aliphatic carbocycles. The number of anilines is 1. The molecule has 0 fully saturated rings. The van der Waals surface area contributed by atoms with Crippen molar-refractivity contribution in [2.45, 2.75) is 13.3 Å². The zero-order valence-corrected chi connectivity index (χ0v) is 14.2. The Bertz CT molecular complexity index is 798. The van der Waals surface area contributed by atoms with Gasteiger partial charge in [-0.15, -0.1) is 11.3 Å². The number of thiazole rings is 1. The summed E-state index contributed by atoms with van der Waals surface area (Å²) < 4.78 is 5.62. The molecule has 3 rings (SSSR count). The number of hydrogen-bond acceptors (Lipinski definition) is 4. The van der Waals surface area contributed by atoms with E-state index < -0.39 is 0 Å². The largest absolute Gasteiger partial charge is 0.483 e. The lowest BCUT2D eigenvalue weighted by molar-refractivity contribution is -0.118. The quantitative estimate of drug-likeness (QED) is 0.725. The number of nitrogens with zero attached hydrogens (tertiary/aromatic N) is 1. The van der Waals surface area contributed by atoms with E-state index in [4.69, 9.17) is 4.74 Å². The molecule has 0 spiro atoms. The lowest BCUT2D eigenvalue weighted by Crippen LogP contribution is -2.20. The molecule has 1 heterocycles. The minimum absolute atomic E-state index is 0.00869. The number of para-hydroxylation sites is 1. The average Bonchev–Trinajstić information content (AvgIpc) is 3.15.